The van der Waals surface area contributed by atoms with E-state index in [2.05, 4.69) is 0 Å². The molecule has 0 aliphatic heterocycles. The summed E-state index contributed by atoms with van der Waals surface area (Å²) in [7, 11) is 0. The van der Waals surface area contributed by atoms with E-state index in [1.165, 1.54) is 0 Å². The molecule has 1 rings (SSSR count). The first-order valence-electron chi connectivity index (χ1n) is 8.96. The molecule has 0 unspecified atom stereocenters. The van der Waals surface area contributed by atoms with Gasteiger partial charge in [-0.3, -0.25) is 14.4 Å². The highest BCUT2D eigenvalue weighted by atomic mass is 16.3. The molecule has 0 spiro atoms. The zero-order chi connectivity index (χ0) is 20.2. The van der Waals surface area contributed by atoms with E-state index in [9.17, 15) is 24.6 Å². The number of hydrogen-bond donors (Lipinski definition) is 2. The minimum absolute atomic E-state index is 0.0182. The van der Waals surface area contributed by atoms with E-state index >= 15 is 0 Å². The van der Waals surface area contributed by atoms with Gasteiger partial charge < -0.3 is 10.2 Å². The van der Waals surface area contributed by atoms with Crippen molar-refractivity contribution in [2.45, 2.75) is 66.4 Å². The molecular formula is C21H30O5. The van der Waals surface area contributed by atoms with Crippen LogP contribution in [0, 0.1) is 11.8 Å². The third kappa shape index (κ3) is 4.79. The van der Waals surface area contributed by atoms with Crippen LogP contribution in [-0.2, 0) is 14.4 Å². The van der Waals surface area contributed by atoms with Crippen LogP contribution in [0.15, 0.2) is 34.6 Å². The van der Waals surface area contributed by atoms with E-state index in [-0.39, 0.29) is 25.2 Å². The van der Waals surface area contributed by atoms with E-state index in [4.69, 9.17) is 0 Å². The molecule has 5 heteroatoms. The fraction of sp³-hybridized carbons (Fsp3) is 0.571. The topological polar surface area (TPSA) is 91.7 Å². The lowest BCUT2D eigenvalue weighted by molar-refractivity contribution is -0.147. The molecule has 0 aromatic carbocycles. The molecule has 2 N–H and O–H groups in total. The van der Waals surface area contributed by atoms with Gasteiger partial charge in [-0.05, 0) is 40.0 Å². The molecule has 0 heterocycles. The van der Waals surface area contributed by atoms with Gasteiger partial charge in [-0.2, -0.15) is 0 Å². The first-order valence-corrected chi connectivity index (χ1v) is 8.96. The Balaban J connectivity index is 3.51. The molecular weight excluding hydrogens is 332 g/mol. The van der Waals surface area contributed by atoms with Gasteiger partial charge in [-0.15, -0.1) is 0 Å². The van der Waals surface area contributed by atoms with Gasteiger partial charge in [0.25, 0.3) is 0 Å². The van der Waals surface area contributed by atoms with Gasteiger partial charge in [0.2, 0.25) is 0 Å². The second-order valence-corrected chi connectivity index (χ2v) is 7.89. The number of aliphatic hydroxyl groups excluding tert-OH is 1. The van der Waals surface area contributed by atoms with E-state index in [0.29, 0.717) is 0 Å². The van der Waals surface area contributed by atoms with Crippen LogP contribution in [0.1, 0.15) is 60.8 Å². The zero-order valence-corrected chi connectivity index (χ0v) is 16.5. The van der Waals surface area contributed by atoms with Crippen molar-refractivity contribution in [3.63, 3.8) is 0 Å². The number of Topliss-reactive ketones (excluding diaryl/α,β-unsaturated/α-hetero) is 3. The first-order chi connectivity index (χ1) is 11.9. The minimum Gasteiger partial charge on any atom is -0.508 e. The summed E-state index contributed by atoms with van der Waals surface area (Å²) in [5.41, 5.74) is -0.887. The second-order valence-electron chi connectivity index (χ2n) is 7.89. The Morgan fingerprint density at radius 3 is 2.12 bits per heavy atom. The van der Waals surface area contributed by atoms with Crippen LogP contribution in [0.3, 0.4) is 0 Å². The molecule has 0 aromatic heterocycles. The van der Waals surface area contributed by atoms with Gasteiger partial charge in [-0.25, -0.2) is 0 Å². The molecule has 26 heavy (non-hydrogen) atoms. The van der Waals surface area contributed by atoms with Crippen molar-refractivity contribution < 1.29 is 24.6 Å². The average Bonchev–Trinajstić information content (AvgIpc) is 2.50. The Kier molecular flexibility index (Phi) is 7.27. The standard InChI is InChI=1S/C21H30O5/c1-12(2)7-8-15-18(23)17(16(22)11-14(5)6)20(25)21(26,19(15)24)10-9-13(3)4/h7,9,14-15,25-26H,8,10-11H2,1-6H3/t15-,21+/m1/s1. The summed E-state index contributed by atoms with van der Waals surface area (Å²) >= 11 is 0. The number of rotatable bonds is 7. The summed E-state index contributed by atoms with van der Waals surface area (Å²) in [5, 5.41) is 21.5. The Labute approximate surface area is 155 Å². The maximum absolute atomic E-state index is 12.8. The van der Waals surface area contributed by atoms with E-state index in [1.807, 2.05) is 27.7 Å². The van der Waals surface area contributed by atoms with Gasteiger partial charge in [0.15, 0.2) is 23.0 Å². The fourth-order valence-electron chi connectivity index (χ4n) is 2.88. The summed E-state index contributed by atoms with van der Waals surface area (Å²) in [4.78, 5) is 38.2. The zero-order valence-electron chi connectivity index (χ0n) is 16.5. The van der Waals surface area contributed by atoms with Crippen LogP contribution < -0.4 is 0 Å². The van der Waals surface area contributed by atoms with Gasteiger partial charge in [-0.1, -0.05) is 37.1 Å². The SMILES string of the molecule is CC(C)=CC[C@@H]1C(=O)C(C(=O)CC(C)C)=C(O)[C@](O)(CC=C(C)C)C1=O. The first kappa shape index (κ1) is 22.0. The molecule has 5 nitrogen and oxygen atoms in total. The Hall–Kier alpha value is -2.01. The summed E-state index contributed by atoms with van der Waals surface area (Å²) in [6, 6.07) is 0. The van der Waals surface area contributed by atoms with Crippen molar-refractivity contribution in [2.75, 3.05) is 0 Å². The molecule has 0 aromatic rings. The van der Waals surface area contributed by atoms with Crippen LogP contribution in [0.25, 0.3) is 0 Å². The monoisotopic (exact) mass is 362 g/mol. The van der Waals surface area contributed by atoms with Crippen molar-refractivity contribution in [3.05, 3.63) is 34.6 Å². The largest absolute Gasteiger partial charge is 0.508 e. The lowest BCUT2D eigenvalue weighted by Gasteiger charge is -2.34. The highest BCUT2D eigenvalue weighted by molar-refractivity contribution is 6.29. The Morgan fingerprint density at radius 1 is 1.12 bits per heavy atom. The predicted octanol–water partition coefficient (Wildman–Crippen LogP) is 3.63. The minimum atomic E-state index is -2.24. The predicted molar refractivity (Wildman–Crippen MR) is 101 cm³/mol. The number of ketones is 3. The molecule has 0 saturated heterocycles. The molecule has 1 aliphatic rings. The lowest BCUT2D eigenvalue weighted by atomic mass is 9.71. The lowest BCUT2D eigenvalue weighted by Crippen LogP contribution is -2.52. The van der Waals surface area contributed by atoms with Crippen LogP contribution >= 0.6 is 0 Å². The van der Waals surface area contributed by atoms with Crippen molar-refractivity contribution in [1.29, 1.82) is 0 Å². The van der Waals surface area contributed by atoms with Crippen molar-refractivity contribution >= 4 is 17.3 Å². The highest BCUT2D eigenvalue weighted by Crippen LogP contribution is 2.36. The maximum Gasteiger partial charge on any atom is 0.184 e. The van der Waals surface area contributed by atoms with Gasteiger partial charge in [0.05, 0.1) is 5.92 Å². The van der Waals surface area contributed by atoms with Gasteiger partial charge >= 0.3 is 0 Å². The van der Waals surface area contributed by atoms with Crippen molar-refractivity contribution in [3.8, 4) is 0 Å². The third-order valence-corrected chi connectivity index (χ3v) is 4.36. The fourth-order valence-corrected chi connectivity index (χ4v) is 2.88. The van der Waals surface area contributed by atoms with E-state index < -0.39 is 40.2 Å². The summed E-state index contributed by atoms with van der Waals surface area (Å²) < 4.78 is 0. The quantitative estimate of drug-likeness (QED) is 0.410. The molecule has 1 aliphatic carbocycles. The van der Waals surface area contributed by atoms with E-state index in [0.717, 1.165) is 11.1 Å². The maximum atomic E-state index is 12.8. The van der Waals surface area contributed by atoms with Gasteiger partial charge in [0.1, 0.15) is 11.3 Å². The Bertz CT molecular complexity index is 685. The number of aliphatic hydroxyl groups is 2. The van der Waals surface area contributed by atoms with E-state index in [1.54, 1.807) is 26.0 Å². The molecule has 0 bridgehead atoms. The summed E-state index contributed by atoms with van der Waals surface area (Å²) in [5.74, 6) is -3.97. The number of carbonyl (C=O) groups excluding carboxylic acids is 3. The average molecular weight is 362 g/mol. The molecule has 0 amide bonds. The van der Waals surface area contributed by atoms with Crippen LogP contribution in [-0.4, -0.2) is 33.2 Å². The third-order valence-electron chi connectivity index (χ3n) is 4.36. The smallest absolute Gasteiger partial charge is 0.184 e. The molecule has 0 fully saturated rings. The van der Waals surface area contributed by atoms with Crippen LogP contribution in [0.2, 0.25) is 0 Å². The molecule has 144 valence electrons. The number of allylic oxidation sites excluding steroid dienone is 4. The number of hydrogen-bond acceptors (Lipinski definition) is 5. The Morgan fingerprint density at radius 2 is 1.65 bits per heavy atom. The second kappa shape index (κ2) is 8.58. The van der Waals surface area contributed by atoms with Crippen LogP contribution in [0.5, 0.6) is 0 Å². The summed E-state index contributed by atoms with van der Waals surface area (Å²) in [6.07, 6.45) is 3.34. The number of carbonyl (C=O) groups is 3. The van der Waals surface area contributed by atoms with Gasteiger partial charge in [0, 0.05) is 12.8 Å². The highest BCUT2D eigenvalue weighted by Gasteiger charge is 2.53. The molecule has 0 radical (unpaired) electrons. The molecule has 0 saturated carbocycles. The van der Waals surface area contributed by atoms with Crippen LogP contribution in [0.4, 0.5) is 0 Å². The van der Waals surface area contributed by atoms with Crippen molar-refractivity contribution in [1.82, 2.24) is 0 Å². The van der Waals surface area contributed by atoms with Crippen molar-refractivity contribution in [2.24, 2.45) is 11.8 Å². The molecule has 2 atom stereocenters. The normalized spacial score (nSPS) is 23.3. The summed E-state index contributed by atoms with van der Waals surface area (Å²) in [6.45, 7) is 10.9.